The van der Waals surface area contributed by atoms with Crippen LogP contribution in [0.25, 0.3) is 0 Å². The van der Waals surface area contributed by atoms with Gasteiger partial charge in [-0.25, -0.2) is 4.79 Å². The molecule has 1 heterocycles. The van der Waals surface area contributed by atoms with Crippen molar-refractivity contribution in [2.24, 2.45) is 0 Å². The van der Waals surface area contributed by atoms with E-state index in [9.17, 15) is 9.59 Å². The summed E-state index contributed by atoms with van der Waals surface area (Å²) >= 11 is 0. The van der Waals surface area contributed by atoms with Gasteiger partial charge in [0.2, 0.25) is 5.91 Å². The van der Waals surface area contributed by atoms with E-state index in [-0.39, 0.29) is 0 Å². The van der Waals surface area contributed by atoms with E-state index in [0.717, 1.165) is 44.8 Å². The highest BCUT2D eigenvalue weighted by Crippen LogP contribution is 2.27. The minimum atomic E-state index is -0.981. The molecule has 0 spiro atoms. The summed E-state index contributed by atoms with van der Waals surface area (Å²) in [5, 5.41) is 14.6. The Labute approximate surface area is 194 Å². The molecule has 1 aliphatic heterocycles. The molecule has 2 N–H and O–H groups in total. The highest BCUT2D eigenvalue weighted by Gasteiger charge is 2.23. The van der Waals surface area contributed by atoms with Gasteiger partial charge in [-0.2, -0.15) is 0 Å². The SMILES string of the molecule is C=CC(=O)O.CCCCCCCN(CCC)CCCN1C(=O)CCc2ccccc21.CO. The second kappa shape index (κ2) is 19.5. The van der Waals surface area contributed by atoms with Crippen LogP contribution in [0.5, 0.6) is 0 Å². The standard InChI is InChI=1S/C22H36N2O.C3H4O2.CH4O/c1-3-5-6-7-10-17-23(16-4-2)18-11-19-24-21-13-9-8-12-20(21)14-15-22(24)25;1-2-3(4)5;1-2/h8-9,12-13H,3-7,10-11,14-19H2,1-2H3;2H,1H2,(H,4,5);2H,1H3. The number of carboxylic acids is 1. The molecule has 0 saturated heterocycles. The molecule has 0 atom stereocenters. The van der Waals surface area contributed by atoms with Crippen molar-refractivity contribution in [1.29, 1.82) is 0 Å². The van der Waals surface area contributed by atoms with Gasteiger partial charge in [0, 0.05) is 31.8 Å². The van der Waals surface area contributed by atoms with Crippen molar-refractivity contribution in [1.82, 2.24) is 4.90 Å². The molecule has 1 aromatic carbocycles. The second-order valence-electron chi connectivity index (χ2n) is 7.83. The van der Waals surface area contributed by atoms with E-state index in [2.05, 4.69) is 43.5 Å². The first-order valence-corrected chi connectivity index (χ1v) is 11.9. The fourth-order valence-corrected chi connectivity index (χ4v) is 3.78. The quantitative estimate of drug-likeness (QED) is 0.331. The van der Waals surface area contributed by atoms with Crippen molar-refractivity contribution in [2.45, 2.75) is 71.6 Å². The van der Waals surface area contributed by atoms with Gasteiger partial charge in [0.05, 0.1) is 0 Å². The number of aliphatic carboxylic acids is 1. The summed E-state index contributed by atoms with van der Waals surface area (Å²) in [5.41, 5.74) is 2.46. The smallest absolute Gasteiger partial charge is 0.327 e. The first-order chi connectivity index (χ1) is 15.5. The van der Waals surface area contributed by atoms with Crippen LogP contribution in [-0.4, -0.2) is 60.3 Å². The van der Waals surface area contributed by atoms with E-state index in [4.69, 9.17) is 10.2 Å². The lowest BCUT2D eigenvalue weighted by Crippen LogP contribution is -2.37. The Morgan fingerprint density at radius 3 is 2.25 bits per heavy atom. The Kier molecular flexibility index (Phi) is 18.2. The molecule has 0 saturated carbocycles. The number of aliphatic hydroxyl groups is 1. The minimum absolute atomic E-state index is 0.292. The van der Waals surface area contributed by atoms with Crippen molar-refractivity contribution < 1.29 is 19.8 Å². The summed E-state index contributed by atoms with van der Waals surface area (Å²) in [6.45, 7) is 11.8. The second-order valence-corrected chi connectivity index (χ2v) is 7.83. The number of anilines is 1. The Balaban J connectivity index is 0.00000121. The summed E-state index contributed by atoms with van der Waals surface area (Å²) in [7, 11) is 1.00. The number of unbranched alkanes of at least 4 members (excludes halogenated alkanes) is 4. The number of fused-ring (bicyclic) bond motifs is 1. The van der Waals surface area contributed by atoms with E-state index >= 15 is 0 Å². The van der Waals surface area contributed by atoms with Crippen LogP contribution in [0.3, 0.4) is 0 Å². The number of benzene rings is 1. The summed E-state index contributed by atoms with van der Waals surface area (Å²) in [4.78, 5) is 26.2. The lowest BCUT2D eigenvalue weighted by atomic mass is 10.0. The highest BCUT2D eigenvalue weighted by molar-refractivity contribution is 5.96. The molecule has 0 bridgehead atoms. The zero-order valence-electron chi connectivity index (χ0n) is 20.4. The molecule has 0 fully saturated rings. The fourth-order valence-electron chi connectivity index (χ4n) is 3.78. The van der Waals surface area contributed by atoms with Crippen LogP contribution in [0, 0.1) is 0 Å². The number of carbonyl (C=O) groups excluding carboxylic acids is 1. The molecular formula is C26H44N2O4. The molecule has 0 aromatic heterocycles. The zero-order chi connectivity index (χ0) is 24.2. The molecule has 6 nitrogen and oxygen atoms in total. The molecule has 1 aliphatic rings. The normalized spacial score (nSPS) is 12.3. The van der Waals surface area contributed by atoms with E-state index in [1.807, 2.05) is 11.0 Å². The van der Waals surface area contributed by atoms with Crippen LogP contribution >= 0.6 is 0 Å². The number of rotatable bonds is 13. The zero-order valence-corrected chi connectivity index (χ0v) is 20.4. The number of aryl methyl sites for hydroxylation is 1. The predicted molar refractivity (Wildman–Crippen MR) is 133 cm³/mol. The maximum absolute atomic E-state index is 12.3. The van der Waals surface area contributed by atoms with Gasteiger partial charge in [-0.1, -0.05) is 64.3 Å². The third-order valence-corrected chi connectivity index (χ3v) is 5.34. The Bertz CT molecular complexity index is 648. The van der Waals surface area contributed by atoms with Crippen molar-refractivity contribution in [3.8, 4) is 0 Å². The van der Waals surface area contributed by atoms with Gasteiger partial charge < -0.3 is 20.0 Å². The van der Waals surface area contributed by atoms with Crippen LogP contribution in [-0.2, 0) is 16.0 Å². The van der Waals surface area contributed by atoms with E-state index in [1.54, 1.807) is 0 Å². The topological polar surface area (TPSA) is 81.1 Å². The van der Waals surface area contributed by atoms with Gasteiger partial charge in [0.1, 0.15) is 0 Å². The summed E-state index contributed by atoms with van der Waals surface area (Å²) in [6, 6.07) is 8.39. The van der Waals surface area contributed by atoms with Gasteiger partial charge in [-0.15, -0.1) is 0 Å². The first kappa shape index (κ1) is 29.8. The molecular weight excluding hydrogens is 404 g/mol. The lowest BCUT2D eigenvalue weighted by Gasteiger charge is -2.30. The van der Waals surface area contributed by atoms with Crippen molar-refractivity contribution >= 4 is 17.6 Å². The number of amides is 1. The molecule has 1 aromatic rings. The summed E-state index contributed by atoms with van der Waals surface area (Å²) in [5.74, 6) is -0.690. The van der Waals surface area contributed by atoms with Gasteiger partial charge in [-0.05, 0) is 56.9 Å². The molecule has 0 unspecified atom stereocenters. The average molecular weight is 449 g/mol. The van der Waals surface area contributed by atoms with Gasteiger partial charge in [0.15, 0.2) is 0 Å². The number of hydrogen-bond acceptors (Lipinski definition) is 4. The monoisotopic (exact) mass is 448 g/mol. The largest absolute Gasteiger partial charge is 0.478 e. The Morgan fingerprint density at radius 1 is 1.00 bits per heavy atom. The fraction of sp³-hybridized carbons (Fsp3) is 0.615. The van der Waals surface area contributed by atoms with Crippen molar-refractivity contribution in [2.75, 3.05) is 38.2 Å². The number of aliphatic hydroxyl groups excluding tert-OH is 1. The van der Waals surface area contributed by atoms with Crippen molar-refractivity contribution in [3.05, 3.63) is 42.5 Å². The van der Waals surface area contributed by atoms with E-state index in [0.29, 0.717) is 12.3 Å². The predicted octanol–water partition coefficient (Wildman–Crippen LogP) is 4.90. The number of para-hydroxylation sites is 1. The summed E-state index contributed by atoms with van der Waals surface area (Å²) < 4.78 is 0. The van der Waals surface area contributed by atoms with Gasteiger partial charge >= 0.3 is 5.97 Å². The van der Waals surface area contributed by atoms with Crippen LogP contribution in [0.15, 0.2) is 36.9 Å². The number of carbonyl (C=O) groups is 2. The maximum Gasteiger partial charge on any atom is 0.327 e. The third kappa shape index (κ3) is 12.6. The lowest BCUT2D eigenvalue weighted by molar-refractivity contribution is -0.131. The van der Waals surface area contributed by atoms with Gasteiger partial charge in [-0.3, -0.25) is 4.79 Å². The molecule has 32 heavy (non-hydrogen) atoms. The number of nitrogens with zero attached hydrogens (tertiary/aromatic N) is 2. The maximum atomic E-state index is 12.3. The average Bonchev–Trinajstić information content (AvgIpc) is 2.82. The number of hydrogen-bond donors (Lipinski definition) is 2. The third-order valence-electron chi connectivity index (χ3n) is 5.34. The van der Waals surface area contributed by atoms with Crippen LogP contribution < -0.4 is 4.90 Å². The number of carboxylic acid groups (broad SMARTS) is 1. The van der Waals surface area contributed by atoms with Crippen LogP contribution in [0.1, 0.15) is 70.8 Å². The van der Waals surface area contributed by atoms with E-state index in [1.165, 1.54) is 57.2 Å². The van der Waals surface area contributed by atoms with Crippen LogP contribution in [0.4, 0.5) is 5.69 Å². The van der Waals surface area contributed by atoms with E-state index < -0.39 is 5.97 Å². The Hall–Kier alpha value is -2.18. The molecule has 0 radical (unpaired) electrons. The van der Waals surface area contributed by atoms with Gasteiger partial charge in [0.25, 0.3) is 0 Å². The summed E-state index contributed by atoms with van der Waals surface area (Å²) in [6.07, 6.45) is 11.4. The minimum Gasteiger partial charge on any atom is -0.478 e. The molecule has 6 heteroatoms. The molecule has 1 amide bonds. The van der Waals surface area contributed by atoms with Crippen molar-refractivity contribution in [3.63, 3.8) is 0 Å². The molecule has 0 aliphatic carbocycles. The molecule has 2 rings (SSSR count). The first-order valence-electron chi connectivity index (χ1n) is 11.9. The van der Waals surface area contributed by atoms with Crippen LogP contribution in [0.2, 0.25) is 0 Å². The highest BCUT2D eigenvalue weighted by atomic mass is 16.4. The molecule has 182 valence electrons. The Morgan fingerprint density at radius 2 is 1.62 bits per heavy atom.